The van der Waals surface area contributed by atoms with Crippen molar-refractivity contribution in [2.75, 3.05) is 0 Å². The minimum absolute atomic E-state index is 0.146. The third-order valence-corrected chi connectivity index (χ3v) is 13.0. The number of benzene rings is 8. The Hall–Kier alpha value is -6.38. The fourth-order valence-electron chi connectivity index (χ4n) is 9.83. The molecule has 2 nitrogen and oxygen atoms in total. The van der Waals surface area contributed by atoms with Crippen LogP contribution in [0.15, 0.2) is 170 Å². The summed E-state index contributed by atoms with van der Waals surface area (Å²) in [5.74, 6) is 0. The van der Waals surface area contributed by atoms with E-state index in [1.807, 2.05) is 0 Å². The molecule has 2 heterocycles. The molecule has 270 valence electrons. The topological polar surface area (TPSA) is 9.86 Å². The van der Waals surface area contributed by atoms with Crippen LogP contribution in [0.3, 0.4) is 0 Å². The summed E-state index contributed by atoms with van der Waals surface area (Å²) in [6.45, 7) is 9.65. The first kappa shape index (κ1) is 33.0. The summed E-state index contributed by atoms with van der Waals surface area (Å²) < 4.78 is 4.90. The van der Waals surface area contributed by atoms with E-state index in [1.165, 1.54) is 112 Å². The number of fused-ring (bicyclic) bond motifs is 8. The third kappa shape index (κ3) is 4.95. The van der Waals surface area contributed by atoms with Crippen LogP contribution in [0.25, 0.3) is 88.0 Å². The van der Waals surface area contributed by atoms with E-state index in [-0.39, 0.29) is 10.8 Å². The Kier molecular flexibility index (Phi) is 7.11. The third-order valence-electron chi connectivity index (χ3n) is 13.0. The van der Waals surface area contributed by atoms with Crippen molar-refractivity contribution in [3.63, 3.8) is 0 Å². The second kappa shape index (κ2) is 12.1. The summed E-state index contributed by atoms with van der Waals surface area (Å²) in [5, 5.41) is 7.56. The van der Waals surface area contributed by atoms with Gasteiger partial charge in [0.25, 0.3) is 0 Å². The molecule has 0 spiro atoms. The highest BCUT2D eigenvalue weighted by Gasteiger charge is 2.37. The van der Waals surface area contributed by atoms with Crippen LogP contribution < -0.4 is 0 Å². The summed E-state index contributed by atoms with van der Waals surface area (Å²) in [7, 11) is 0. The SMILES string of the molecule is CC1(C)CCC(C)(C)c2cc(-c3ccccc3-n3c4ccccc4c4cc(-c5ccc6c(c5)c5ccccc5n6-c5ccc6ccccc6c5)ccc43)ccc21. The van der Waals surface area contributed by atoms with Gasteiger partial charge in [0.2, 0.25) is 0 Å². The van der Waals surface area contributed by atoms with E-state index >= 15 is 0 Å². The molecule has 1 aliphatic rings. The minimum Gasteiger partial charge on any atom is -0.309 e. The number of para-hydroxylation sites is 3. The highest BCUT2D eigenvalue weighted by atomic mass is 15.0. The predicted octanol–water partition coefficient (Wildman–Crippen LogP) is 14.7. The van der Waals surface area contributed by atoms with Gasteiger partial charge in [-0.3, -0.25) is 0 Å². The molecule has 0 bridgehead atoms. The molecule has 56 heavy (non-hydrogen) atoms. The maximum atomic E-state index is 2.49. The molecule has 0 radical (unpaired) electrons. The molecule has 1 aliphatic carbocycles. The second-order valence-corrected chi connectivity index (χ2v) is 17.2. The molecular formula is C54H44N2. The lowest BCUT2D eigenvalue weighted by molar-refractivity contribution is 0.332. The van der Waals surface area contributed by atoms with Gasteiger partial charge in [0, 0.05) is 32.8 Å². The van der Waals surface area contributed by atoms with E-state index in [9.17, 15) is 0 Å². The van der Waals surface area contributed by atoms with Crippen molar-refractivity contribution in [3.05, 3.63) is 181 Å². The first-order valence-corrected chi connectivity index (χ1v) is 20.1. The Morgan fingerprint density at radius 2 is 0.911 bits per heavy atom. The maximum Gasteiger partial charge on any atom is 0.0541 e. The molecule has 0 N–H and O–H groups in total. The molecule has 0 fully saturated rings. The van der Waals surface area contributed by atoms with Gasteiger partial charge in [0.05, 0.1) is 27.8 Å². The monoisotopic (exact) mass is 720 g/mol. The number of aromatic nitrogens is 2. The smallest absolute Gasteiger partial charge is 0.0541 e. The molecule has 0 saturated carbocycles. The Bertz CT molecular complexity index is 3200. The van der Waals surface area contributed by atoms with E-state index in [0.717, 1.165) is 0 Å². The average Bonchev–Trinajstić information content (AvgIpc) is 3.74. The number of nitrogens with zero attached hydrogens (tertiary/aromatic N) is 2. The fraction of sp³-hybridized carbons (Fsp3) is 0.148. The van der Waals surface area contributed by atoms with Crippen LogP contribution in [0.1, 0.15) is 51.7 Å². The standard InChI is InChI=1S/C54H44N2/c1-53(2)29-30-54(3,4)47-34-39(22-26-46(47)53)41-15-7-10-18-48(41)56-50-20-12-9-17-43(50)45-33-38(24-28-52(45)56)37-23-27-51-44(32-37)42-16-8-11-19-49(42)55(51)40-25-21-35-13-5-6-14-36(35)31-40/h5-28,31-34H,29-30H2,1-4H3. The Balaban J connectivity index is 1.07. The molecule has 0 saturated heterocycles. The van der Waals surface area contributed by atoms with Crippen molar-refractivity contribution in [2.24, 2.45) is 0 Å². The van der Waals surface area contributed by atoms with Crippen LogP contribution in [0.2, 0.25) is 0 Å². The van der Waals surface area contributed by atoms with Gasteiger partial charge in [-0.25, -0.2) is 0 Å². The van der Waals surface area contributed by atoms with Crippen LogP contribution in [0.4, 0.5) is 0 Å². The lowest BCUT2D eigenvalue weighted by atomic mass is 9.63. The van der Waals surface area contributed by atoms with Crippen LogP contribution in [0.5, 0.6) is 0 Å². The van der Waals surface area contributed by atoms with Gasteiger partial charge < -0.3 is 9.13 Å². The van der Waals surface area contributed by atoms with Gasteiger partial charge in [-0.2, -0.15) is 0 Å². The molecule has 0 amide bonds. The summed E-state index contributed by atoms with van der Waals surface area (Å²) in [4.78, 5) is 0. The van der Waals surface area contributed by atoms with E-state index in [4.69, 9.17) is 0 Å². The molecule has 0 aliphatic heterocycles. The number of hydrogen-bond acceptors (Lipinski definition) is 0. The normalized spacial score (nSPS) is 14.9. The molecular weight excluding hydrogens is 677 g/mol. The molecule has 10 aromatic rings. The number of hydrogen-bond donors (Lipinski definition) is 0. The quantitative estimate of drug-likeness (QED) is 0.171. The lowest BCUT2D eigenvalue weighted by Crippen LogP contribution is -2.33. The average molecular weight is 721 g/mol. The summed E-state index contributed by atoms with van der Waals surface area (Å²) in [6.07, 6.45) is 2.42. The van der Waals surface area contributed by atoms with Crippen molar-refractivity contribution in [1.82, 2.24) is 9.13 Å². The summed E-state index contributed by atoms with van der Waals surface area (Å²) >= 11 is 0. The fourth-order valence-corrected chi connectivity index (χ4v) is 9.83. The largest absolute Gasteiger partial charge is 0.309 e. The Morgan fingerprint density at radius 1 is 0.375 bits per heavy atom. The van der Waals surface area contributed by atoms with Crippen LogP contribution in [0, 0.1) is 0 Å². The van der Waals surface area contributed by atoms with Gasteiger partial charge in [-0.1, -0.05) is 143 Å². The van der Waals surface area contributed by atoms with E-state index in [2.05, 4.69) is 207 Å². The van der Waals surface area contributed by atoms with Gasteiger partial charge in [0.15, 0.2) is 0 Å². The lowest BCUT2D eigenvalue weighted by Gasteiger charge is -2.42. The summed E-state index contributed by atoms with van der Waals surface area (Å²) in [5.41, 5.74) is 15.6. The van der Waals surface area contributed by atoms with Crippen molar-refractivity contribution in [3.8, 4) is 33.6 Å². The second-order valence-electron chi connectivity index (χ2n) is 17.2. The van der Waals surface area contributed by atoms with Gasteiger partial charge in [0.1, 0.15) is 0 Å². The van der Waals surface area contributed by atoms with Gasteiger partial charge in [-0.15, -0.1) is 0 Å². The predicted molar refractivity (Wildman–Crippen MR) is 239 cm³/mol. The van der Waals surface area contributed by atoms with E-state index in [1.54, 1.807) is 0 Å². The highest BCUT2D eigenvalue weighted by molar-refractivity contribution is 6.13. The van der Waals surface area contributed by atoms with Gasteiger partial charge >= 0.3 is 0 Å². The maximum absolute atomic E-state index is 2.49. The first-order chi connectivity index (χ1) is 27.2. The van der Waals surface area contributed by atoms with E-state index < -0.39 is 0 Å². The molecule has 8 aromatic carbocycles. The van der Waals surface area contributed by atoms with E-state index in [0.29, 0.717) is 0 Å². The van der Waals surface area contributed by atoms with Crippen molar-refractivity contribution < 1.29 is 0 Å². The molecule has 0 unspecified atom stereocenters. The number of rotatable bonds is 4. The zero-order valence-electron chi connectivity index (χ0n) is 32.5. The first-order valence-electron chi connectivity index (χ1n) is 20.1. The van der Waals surface area contributed by atoms with Crippen LogP contribution in [-0.2, 0) is 10.8 Å². The summed E-state index contributed by atoms with van der Waals surface area (Å²) in [6, 6.07) is 63.4. The highest BCUT2D eigenvalue weighted by Crippen LogP contribution is 2.48. The molecule has 11 rings (SSSR count). The molecule has 2 aromatic heterocycles. The van der Waals surface area contributed by atoms with Crippen LogP contribution >= 0.6 is 0 Å². The van der Waals surface area contributed by atoms with Crippen LogP contribution in [-0.4, -0.2) is 9.13 Å². The zero-order chi connectivity index (χ0) is 37.8. The van der Waals surface area contributed by atoms with Crippen molar-refractivity contribution in [2.45, 2.75) is 51.4 Å². The zero-order valence-corrected chi connectivity index (χ0v) is 32.5. The van der Waals surface area contributed by atoms with Crippen molar-refractivity contribution >= 4 is 54.4 Å². The van der Waals surface area contributed by atoms with Gasteiger partial charge in [-0.05, 0) is 117 Å². The Morgan fingerprint density at radius 3 is 1.62 bits per heavy atom. The molecule has 0 atom stereocenters. The minimum atomic E-state index is 0.146. The Labute approximate surface area is 328 Å². The molecule has 2 heteroatoms. The van der Waals surface area contributed by atoms with Crippen molar-refractivity contribution in [1.29, 1.82) is 0 Å².